The third kappa shape index (κ3) is 3.62. The molecule has 1 aliphatic rings. The summed E-state index contributed by atoms with van der Waals surface area (Å²) in [6, 6.07) is 13.5. The van der Waals surface area contributed by atoms with Gasteiger partial charge in [-0.2, -0.15) is 0 Å². The molecular formula is C19H22N2O3. The van der Waals surface area contributed by atoms with Gasteiger partial charge in [0.1, 0.15) is 0 Å². The molecule has 0 unspecified atom stereocenters. The zero-order valence-corrected chi connectivity index (χ0v) is 13.8. The molecule has 0 fully saturated rings. The summed E-state index contributed by atoms with van der Waals surface area (Å²) in [6.07, 6.45) is 1.11. The van der Waals surface area contributed by atoms with Crippen LogP contribution in [-0.4, -0.2) is 24.1 Å². The number of fused-ring (bicyclic) bond motifs is 1. The number of nitrogens with two attached hydrogens (primary N) is 1. The molecule has 5 heteroatoms. The van der Waals surface area contributed by atoms with Gasteiger partial charge in [-0.3, -0.25) is 4.79 Å². The summed E-state index contributed by atoms with van der Waals surface area (Å²) >= 11 is 0. The number of rotatable bonds is 6. The van der Waals surface area contributed by atoms with E-state index in [0.29, 0.717) is 25.9 Å². The Morgan fingerprint density at radius 3 is 2.75 bits per heavy atom. The van der Waals surface area contributed by atoms with Gasteiger partial charge in [-0.15, -0.1) is 0 Å². The lowest BCUT2D eigenvalue weighted by molar-refractivity contribution is -0.131. The number of anilines is 1. The molecule has 0 bridgehead atoms. The number of aryl methyl sites for hydroxylation is 1. The van der Waals surface area contributed by atoms with Gasteiger partial charge in [0.25, 0.3) is 0 Å². The number of carbonyl (C=O) groups excluding carboxylic acids is 1. The van der Waals surface area contributed by atoms with E-state index >= 15 is 0 Å². The minimum Gasteiger partial charge on any atom is -0.454 e. The number of ether oxygens (including phenoxy) is 2. The van der Waals surface area contributed by atoms with E-state index in [9.17, 15) is 4.79 Å². The second kappa shape index (κ2) is 7.25. The summed E-state index contributed by atoms with van der Waals surface area (Å²) in [7, 11) is 0. The van der Waals surface area contributed by atoms with Crippen molar-refractivity contribution in [3.63, 3.8) is 0 Å². The SMILES string of the molecule is CCN(Cc1ccc2c(c1)OCO2)C(=O)CCc1ccccc1N. The van der Waals surface area contributed by atoms with E-state index in [0.717, 1.165) is 28.3 Å². The van der Waals surface area contributed by atoms with Crippen LogP contribution in [0, 0.1) is 0 Å². The molecule has 1 amide bonds. The standard InChI is InChI=1S/C19H22N2O3/c1-2-21(12-14-7-9-17-18(11-14)24-13-23-17)19(22)10-8-15-5-3-4-6-16(15)20/h3-7,9,11H,2,8,10,12-13,20H2,1H3. The van der Waals surface area contributed by atoms with Gasteiger partial charge in [-0.25, -0.2) is 0 Å². The average Bonchev–Trinajstić information content (AvgIpc) is 3.06. The Balaban J connectivity index is 1.61. The third-order valence-corrected chi connectivity index (χ3v) is 4.21. The molecule has 0 spiro atoms. The Morgan fingerprint density at radius 2 is 1.96 bits per heavy atom. The van der Waals surface area contributed by atoms with E-state index in [-0.39, 0.29) is 12.7 Å². The topological polar surface area (TPSA) is 64.8 Å². The van der Waals surface area contributed by atoms with Crippen molar-refractivity contribution in [2.45, 2.75) is 26.3 Å². The summed E-state index contributed by atoms with van der Waals surface area (Å²) < 4.78 is 10.7. The van der Waals surface area contributed by atoms with Crippen LogP contribution in [0.15, 0.2) is 42.5 Å². The van der Waals surface area contributed by atoms with E-state index in [4.69, 9.17) is 15.2 Å². The maximum Gasteiger partial charge on any atom is 0.231 e. The van der Waals surface area contributed by atoms with Gasteiger partial charge in [-0.05, 0) is 42.7 Å². The number of benzene rings is 2. The monoisotopic (exact) mass is 326 g/mol. The number of carbonyl (C=O) groups is 1. The van der Waals surface area contributed by atoms with Crippen molar-refractivity contribution in [1.82, 2.24) is 4.90 Å². The molecule has 2 N–H and O–H groups in total. The van der Waals surface area contributed by atoms with Crippen LogP contribution < -0.4 is 15.2 Å². The van der Waals surface area contributed by atoms with Crippen LogP contribution in [0.4, 0.5) is 5.69 Å². The number of nitrogens with zero attached hydrogens (tertiary/aromatic N) is 1. The minimum atomic E-state index is 0.124. The summed E-state index contributed by atoms with van der Waals surface area (Å²) in [5.41, 5.74) is 8.73. The molecule has 0 aliphatic carbocycles. The third-order valence-electron chi connectivity index (χ3n) is 4.21. The molecule has 1 heterocycles. The number of para-hydroxylation sites is 1. The highest BCUT2D eigenvalue weighted by Gasteiger charge is 2.16. The maximum absolute atomic E-state index is 12.5. The molecule has 0 atom stereocenters. The molecule has 1 aliphatic heterocycles. The summed E-state index contributed by atoms with van der Waals surface area (Å²) in [6.45, 7) is 3.48. The predicted molar refractivity (Wildman–Crippen MR) is 92.8 cm³/mol. The van der Waals surface area contributed by atoms with Crippen LogP contribution in [0.1, 0.15) is 24.5 Å². The van der Waals surface area contributed by atoms with E-state index in [1.165, 1.54) is 0 Å². The van der Waals surface area contributed by atoms with Crippen molar-refractivity contribution in [1.29, 1.82) is 0 Å². The van der Waals surface area contributed by atoms with Crippen LogP contribution in [0.25, 0.3) is 0 Å². The van der Waals surface area contributed by atoms with Crippen molar-refractivity contribution in [2.75, 3.05) is 19.1 Å². The number of hydrogen-bond acceptors (Lipinski definition) is 4. The lowest BCUT2D eigenvalue weighted by atomic mass is 10.1. The molecule has 2 aromatic rings. The molecule has 0 radical (unpaired) electrons. The van der Waals surface area contributed by atoms with Gasteiger partial charge in [0, 0.05) is 25.2 Å². The maximum atomic E-state index is 12.5. The number of nitrogen functional groups attached to an aromatic ring is 1. The second-order valence-corrected chi connectivity index (χ2v) is 5.79. The fourth-order valence-electron chi connectivity index (χ4n) is 2.80. The normalized spacial score (nSPS) is 12.2. The quantitative estimate of drug-likeness (QED) is 0.829. The molecule has 3 rings (SSSR count). The van der Waals surface area contributed by atoms with E-state index in [1.807, 2.05) is 54.3 Å². The van der Waals surface area contributed by atoms with Crippen molar-refractivity contribution in [2.24, 2.45) is 0 Å². The largest absolute Gasteiger partial charge is 0.454 e. The number of hydrogen-bond donors (Lipinski definition) is 1. The Labute approximate surface area is 142 Å². The first-order valence-corrected chi connectivity index (χ1v) is 8.17. The van der Waals surface area contributed by atoms with E-state index < -0.39 is 0 Å². The van der Waals surface area contributed by atoms with Crippen LogP contribution in [-0.2, 0) is 17.8 Å². The summed E-state index contributed by atoms with van der Waals surface area (Å²) in [4.78, 5) is 14.4. The predicted octanol–water partition coefficient (Wildman–Crippen LogP) is 2.98. The second-order valence-electron chi connectivity index (χ2n) is 5.79. The van der Waals surface area contributed by atoms with Crippen molar-refractivity contribution < 1.29 is 14.3 Å². The van der Waals surface area contributed by atoms with Crippen LogP contribution in [0.3, 0.4) is 0 Å². The van der Waals surface area contributed by atoms with E-state index in [1.54, 1.807) is 0 Å². The summed E-state index contributed by atoms with van der Waals surface area (Å²) in [5, 5.41) is 0. The van der Waals surface area contributed by atoms with Crippen molar-refractivity contribution >= 4 is 11.6 Å². The molecule has 0 saturated carbocycles. The van der Waals surface area contributed by atoms with Crippen molar-refractivity contribution in [3.8, 4) is 11.5 Å². The Hall–Kier alpha value is -2.69. The zero-order chi connectivity index (χ0) is 16.9. The van der Waals surface area contributed by atoms with Gasteiger partial charge < -0.3 is 20.1 Å². The Kier molecular flexibility index (Phi) is 4.89. The highest BCUT2D eigenvalue weighted by molar-refractivity contribution is 5.76. The Morgan fingerprint density at radius 1 is 1.17 bits per heavy atom. The van der Waals surface area contributed by atoms with Crippen LogP contribution in [0.5, 0.6) is 11.5 Å². The average molecular weight is 326 g/mol. The Bertz CT molecular complexity index is 730. The lowest BCUT2D eigenvalue weighted by Gasteiger charge is -2.21. The summed E-state index contributed by atoms with van der Waals surface area (Å²) in [5.74, 6) is 1.62. The highest BCUT2D eigenvalue weighted by atomic mass is 16.7. The lowest BCUT2D eigenvalue weighted by Crippen LogP contribution is -2.30. The molecule has 0 saturated heterocycles. The fourth-order valence-corrected chi connectivity index (χ4v) is 2.80. The van der Waals surface area contributed by atoms with Crippen molar-refractivity contribution in [3.05, 3.63) is 53.6 Å². The molecular weight excluding hydrogens is 304 g/mol. The molecule has 0 aromatic heterocycles. The van der Waals surface area contributed by atoms with Gasteiger partial charge in [0.05, 0.1) is 0 Å². The van der Waals surface area contributed by atoms with Crippen LogP contribution >= 0.6 is 0 Å². The first-order valence-electron chi connectivity index (χ1n) is 8.17. The van der Waals surface area contributed by atoms with E-state index in [2.05, 4.69) is 0 Å². The zero-order valence-electron chi connectivity index (χ0n) is 13.8. The number of amides is 1. The molecule has 24 heavy (non-hydrogen) atoms. The minimum absolute atomic E-state index is 0.124. The molecule has 5 nitrogen and oxygen atoms in total. The molecule has 2 aromatic carbocycles. The first kappa shape index (κ1) is 16.2. The highest BCUT2D eigenvalue weighted by Crippen LogP contribution is 2.32. The van der Waals surface area contributed by atoms with Gasteiger partial charge in [0.2, 0.25) is 12.7 Å². The van der Waals surface area contributed by atoms with Gasteiger partial charge >= 0.3 is 0 Å². The smallest absolute Gasteiger partial charge is 0.231 e. The molecule has 126 valence electrons. The van der Waals surface area contributed by atoms with Crippen LogP contribution in [0.2, 0.25) is 0 Å². The fraction of sp³-hybridized carbons (Fsp3) is 0.316. The first-order chi connectivity index (χ1) is 11.7. The van der Waals surface area contributed by atoms with Gasteiger partial charge in [-0.1, -0.05) is 24.3 Å². The van der Waals surface area contributed by atoms with Gasteiger partial charge in [0.15, 0.2) is 11.5 Å².